The molecule has 0 radical (unpaired) electrons. The summed E-state index contributed by atoms with van der Waals surface area (Å²) in [6.07, 6.45) is 8.19. The van der Waals surface area contributed by atoms with Crippen molar-refractivity contribution in [2.45, 2.75) is 70.3 Å². The van der Waals surface area contributed by atoms with Crippen molar-refractivity contribution in [2.75, 3.05) is 36.4 Å². The zero-order chi connectivity index (χ0) is 29.9. The van der Waals surface area contributed by atoms with Crippen molar-refractivity contribution in [1.29, 1.82) is 0 Å². The van der Waals surface area contributed by atoms with E-state index in [0.717, 1.165) is 55.5 Å². The number of hydrogen-bond acceptors (Lipinski definition) is 6. The Labute approximate surface area is 254 Å². The third kappa shape index (κ3) is 6.24. The number of aliphatic hydroxyl groups excluding tert-OH is 1. The Kier molecular flexibility index (Phi) is 8.90. The molecule has 0 spiro atoms. The van der Waals surface area contributed by atoms with Gasteiger partial charge in [0.15, 0.2) is 0 Å². The maximum Gasteiger partial charge on any atom is 0.318 e. The van der Waals surface area contributed by atoms with E-state index < -0.39 is 12.4 Å². The van der Waals surface area contributed by atoms with E-state index in [4.69, 9.17) is 5.73 Å². The number of carbonyl (C=O) groups is 2. The highest BCUT2D eigenvalue weighted by atomic mass is 16.3. The molecule has 0 bridgehead atoms. The number of nitrogens with one attached hydrogen (secondary N) is 3. The number of urea groups is 1. The van der Waals surface area contributed by atoms with Gasteiger partial charge in [-0.2, -0.15) is 0 Å². The monoisotopic (exact) mass is 586 g/mol. The number of hydrogen-bond donors (Lipinski definition) is 5. The maximum atomic E-state index is 13.8. The topological polar surface area (TPSA) is 123 Å². The number of para-hydroxylation sites is 2. The molecule has 5 atom stereocenters. The second kappa shape index (κ2) is 13.0. The molecule has 2 aliphatic heterocycles. The third-order valence-corrected chi connectivity index (χ3v) is 10.1. The fourth-order valence-electron chi connectivity index (χ4n) is 7.62. The van der Waals surface area contributed by atoms with Gasteiger partial charge in [-0.1, -0.05) is 55.8 Å². The predicted octanol–water partition coefficient (Wildman–Crippen LogP) is 3.89. The Hall–Kier alpha value is -3.56. The van der Waals surface area contributed by atoms with Gasteiger partial charge in [0.05, 0.1) is 11.4 Å². The van der Waals surface area contributed by atoms with E-state index in [1.165, 1.54) is 17.5 Å². The highest BCUT2D eigenvalue weighted by Crippen LogP contribution is 2.38. The number of fused-ring (bicyclic) bond motifs is 2. The van der Waals surface area contributed by atoms with E-state index in [2.05, 4.69) is 41.1 Å². The molecular weight excluding hydrogens is 540 g/mol. The number of rotatable bonds is 8. The number of nitrogens with zero attached hydrogens (tertiary/aromatic N) is 2. The van der Waals surface area contributed by atoms with Crippen LogP contribution in [0.15, 0.2) is 54.6 Å². The van der Waals surface area contributed by atoms with E-state index in [9.17, 15) is 14.7 Å². The van der Waals surface area contributed by atoms with Gasteiger partial charge in [0, 0.05) is 31.6 Å². The van der Waals surface area contributed by atoms with Crippen molar-refractivity contribution >= 4 is 28.9 Å². The number of aliphatic hydroxyl groups is 1. The van der Waals surface area contributed by atoms with Gasteiger partial charge in [0.2, 0.25) is 12.3 Å². The lowest BCUT2D eigenvalue weighted by molar-refractivity contribution is -0.123. The average molecular weight is 587 g/mol. The number of nitrogens with two attached hydrogens (primary N) is 1. The van der Waals surface area contributed by atoms with Gasteiger partial charge in [-0.15, -0.1) is 0 Å². The smallest absolute Gasteiger partial charge is 0.318 e. The molecule has 1 saturated carbocycles. The quantitative estimate of drug-likeness (QED) is 0.320. The van der Waals surface area contributed by atoms with E-state index in [0.29, 0.717) is 38.0 Å². The van der Waals surface area contributed by atoms with Crippen LogP contribution in [0.5, 0.6) is 0 Å². The summed E-state index contributed by atoms with van der Waals surface area (Å²) in [6, 6.07) is 15.4. The second-order valence-corrected chi connectivity index (χ2v) is 12.8. The number of amides is 3. The molecule has 6 rings (SSSR count). The fourth-order valence-corrected chi connectivity index (χ4v) is 7.62. The first-order valence-electron chi connectivity index (χ1n) is 16.1. The molecule has 1 saturated heterocycles. The molecule has 2 aromatic rings. The van der Waals surface area contributed by atoms with E-state index >= 15 is 0 Å². The van der Waals surface area contributed by atoms with Crippen LogP contribution in [0.4, 0.5) is 16.2 Å². The van der Waals surface area contributed by atoms with Crippen LogP contribution in [-0.2, 0) is 11.2 Å². The van der Waals surface area contributed by atoms with Gasteiger partial charge in [-0.05, 0) is 85.7 Å². The molecule has 2 aromatic carbocycles. The molecular formula is C34H46N6O3. The molecule has 4 aliphatic rings. The minimum Gasteiger partial charge on any atom is -0.356 e. The summed E-state index contributed by atoms with van der Waals surface area (Å²) in [7, 11) is 0. The molecule has 5 unspecified atom stereocenters. The summed E-state index contributed by atoms with van der Waals surface area (Å²) in [6.45, 7) is 4.47. The van der Waals surface area contributed by atoms with Crippen molar-refractivity contribution in [3.8, 4) is 0 Å². The molecule has 2 aliphatic carbocycles. The summed E-state index contributed by atoms with van der Waals surface area (Å²) in [5.41, 5.74) is 11.4. The third-order valence-electron chi connectivity index (χ3n) is 10.1. The predicted molar refractivity (Wildman–Crippen MR) is 170 cm³/mol. The van der Waals surface area contributed by atoms with Crippen LogP contribution >= 0.6 is 0 Å². The van der Waals surface area contributed by atoms with Crippen molar-refractivity contribution in [3.05, 3.63) is 65.7 Å². The summed E-state index contributed by atoms with van der Waals surface area (Å²) in [4.78, 5) is 31.3. The minimum absolute atomic E-state index is 0.112. The normalized spacial score (nSPS) is 24.8. The SMILES string of the molecule is CC(C1=CCc2ccccc21)C(NC(=O)N1CCC(N2c3ccccc3NC2O)CC1)C(=O)NCC1CCCC(CN)C1. The highest BCUT2D eigenvalue weighted by molar-refractivity contribution is 5.90. The van der Waals surface area contributed by atoms with Crippen LogP contribution in [-0.4, -0.2) is 66.6 Å². The van der Waals surface area contributed by atoms with Gasteiger partial charge in [0.25, 0.3) is 0 Å². The van der Waals surface area contributed by atoms with Gasteiger partial charge in [-0.25, -0.2) is 4.79 Å². The van der Waals surface area contributed by atoms with E-state index in [1.807, 2.05) is 46.2 Å². The van der Waals surface area contributed by atoms with Gasteiger partial charge in [0.1, 0.15) is 6.04 Å². The number of piperidine rings is 1. The number of anilines is 2. The second-order valence-electron chi connectivity index (χ2n) is 12.8. The van der Waals surface area contributed by atoms with Crippen molar-refractivity contribution in [2.24, 2.45) is 23.5 Å². The Morgan fingerprint density at radius 2 is 1.79 bits per heavy atom. The zero-order valence-electron chi connectivity index (χ0n) is 25.2. The van der Waals surface area contributed by atoms with Crippen molar-refractivity contribution < 1.29 is 14.7 Å². The lowest BCUT2D eigenvalue weighted by Crippen LogP contribution is -2.57. The summed E-state index contributed by atoms with van der Waals surface area (Å²) < 4.78 is 0. The summed E-state index contributed by atoms with van der Waals surface area (Å²) in [5, 5.41) is 20.2. The summed E-state index contributed by atoms with van der Waals surface area (Å²) in [5.74, 6) is 0.636. The molecule has 230 valence electrons. The van der Waals surface area contributed by atoms with Gasteiger partial charge in [-0.3, -0.25) is 4.79 Å². The van der Waals surface area contributed by atoms with Crippen LogP contribution in [0.1, 0.15) is 56.6 Å². The maximum absolute atomic E-state index is 13.8. The number of likely N-dealkylation sites (tertiary alicyclic amines) is 1. The largest absolute Gasteiger partial charge is 0.356 e. The van der Waals surface area contributed by atoms with E-state index in [1.54, 1.807) is 0 Å². The molecule has 9 nitrogen and oxygen atoms in total. The van der Waals surface area contributed by atoms with Crippen LogP contribution in [0.3, 0.4) is 0 Å². The van der Waals surface area contributed by atoms with Crippen LogP contribution in [0.25, 0.3) is 5.57 Å². The van der Waals surface area contributed by atoms with Crippen LogP contribution < -0.4 is 26.6 Å². The Balaban J connectivity index is 1.12. The molecule has 43 heavy (non-hydrogen) atoms. The van der Waals surface area contributed by atoms with E-state index in [-0.39, 0.29) is 23.9 Å². The number of benzene rings is 2. The fraction of sp³-hybridized carbons (Fsp3) is 0.529. The number of carbonyl (C=O) groups excluding carboxylic acids is 2. The molecule has 9 heteroatoms. The Morgan fingerprint density at radius 3 is 2.60 bits per heavy atom. The Morgan fingerprint density at radius 1 is 1.05 bits per heavy atom. The molecule has 0 aromatic heterocycles. The Bertz CT molecular complexity index is 1340. The lowest BCUT2D eigenvalue weighted by Gasteiger charge is -2.39. The molecule has 2 fully saturated rings. The highest BCUT2D eigenvalue weighted by Gasteiger charge is 2.37. The first kappa shape index (κ1) is 29.5. The van der Waals surface area contributed by atoms with Gasteiger partial charge < -0.3 is 36.6 Å². The number of allylic oxidation sites excluding steroid dienone is 1. The van der Waals surface area contributed by atoms with Crippen LogP contribution in [0.2, 0.25) is 0 Å². The zero-order valence-corrected chi connectivity index (χ0v) is 25.2. The van der Waals surface area contributed by atoms with Gasteiger partial charge >= 0.3 is 6.03 Å². The standard InChI is InChI=1S/C34H46N6O3/c1-22(27-14-13-25-9-2-3-10-28(25)27)31(32(41)36-21-24-8-6-7-23(19-24)20-35)38-33(42)39-17-15-26(16-18-39)40-30-12-5-4-11-29(30)37-34(40)43/h2-5,9-12,14,22-24,26,31,34,37,43H,6-8,13,15-21,35H2,1H3,(H,36,41)(H,38,42). The first-order valence-corrected chi connectivity index (χ1v) is 16.1. The van der Waals surface area contributed by atoms with Crippen molar-refractivity contribution in [1.82, 2.24) is 15.5 Å². The molecule has 3 amide bonds. The molecule has 2 heterocycles. The first-order chi connectivity index (χ1) is 20.9. The van der Waals surface area contributed by atoms with Crippen LogP contribution in [0, 0.1) is 17.8 Å². The summed E-state index contributed by atoms with van der Waals surface area (Å²) >= 11 is 0. The van der Waals surface area contributed by atoms with Crippen molar-refractivity contribution in [3.63, 3.8) is 0 Å². The molecule has 6 N–H and O–H groups in total. The average Bonchev–Trinajstić information content (AvgIpc) is 3.62. The lowest BCUT2D eigenvalue weighted by atomic mass is 9.81. The minimum atomic E-state index is -0.774.